The molecule has 9 nitrogen and oxygen atoms in total. The molecule has 4 aromatic rings. The first-order valence-electron chi connectivity index (χ1n) is 12.3. The molecule has 1 aliphatic rings. The predicted octanol–water partition coefficient (Wildman–Crippen LogP) is 4.77. The Morgan fingerprint density at radius 1 is 1.08 bits per heavy atom. The predicted molar refractivity (Wildman–Crippen MR) is 139 cm³/mol. The Labute approximate surface area is 210 Å². The first-order chi connectivity index (χ1) is 17.3. The van der Waals surface area contributed by atoms with Gasteiger partial charge in [0.15, 0.2) is 5.69 Å². The van der Waals surface area contributed by atoms with Gasteiger partial charge in [0.05, 0.1) is 29.7 Å². The van der Waals surface area contributed by atoms with Crippen molar-refractivity contribution >= 4 is 17.4 Å². The van der Waals surface area contributed by atoms with Gasteiger partial charge in [-0.2, -0.15) is 5.10 Å². The molecule has 36 heavy (non-hydrogen) atoms. The number of rotatable bonds is 5. The molecule has 0 saturated carbocycles. The van der Waals surface area contributed by atoms with Crippen LogP contribution in [0.3, 0.4) is 0 Å². The van der Waals surface area contributed by atoms with Gasteiger partial charge in [-0.05, 0) is 74.4 Å². The maximum atomic E-state index is 13.0. The number of pyridine rings is 1. The fraction of sp³-hybridized carbons (Fsp3) is 0.370. The van der Waals surface area contributed by atoms with Crippen molar-refractivity contribution in [1.82, 2.24) is 35.1 Å². The van der Waals surface area contributed by atoms with Crippen molar-refractivity contribution in [3.8, 4) is 11.1 Å². The number of nitrogens with one attached hydrogen (secondary N) is 2. The molecule has 0 unspecified atom stereocenters. The molecule has 1 aliphatic carbocycles. The number of benzene rings is 1. The van der Waals surface area contributed by atoms with Gasteiger partial charge in [-0.1, -0.05) is 29.8 Å². The summed E-state index contributed by atoms with van der Waals surface area (Å²) in [5, 5.41) is 19.0. The fourth-order valence-electron chi connectivity index (χ4n) is 4.55. The van der Waals surface area contributed by atoms with Gasteiger partial charge in [0.1, 0.15) is 5.82 Å². The third-order valence-electron chi connectivity index (χ3n) is 6.50. The van der Waals surface area contributed by atoms with E-state index in [-0.39, 0.29) is 17.5 Å². The minimum Gasteiger partial charge on any atom is -0.344 e. The highest BCUT2D eigenvalue weighted by molar-refractivity contribution is 5.92. The number of hydrogen-bond donors (Lipinski definition) is 2. The van der Waals surface area contributed by atoms with Crippen LogP contribution < -0.4 is 10.6 Å². The lowest BCUT2D eigenvalue weighted by Gasteiger charge is -2.20. The maximum absolute atomic E-state index is 13.0. The number of anilines is 2. The second-order valence-electron chi connectivity index (χ2n) is 10.4. The molecular weight excluding hydrogens is 452 g/mol. The summed E-state index contributed by atoms with van der Waals surface area (Å²) < 4.78 is 3.47. The van der Waals surface area contributed by atoms with Crippen molar-refractivity contribution < 1.29 is 4.79 Å². The van der Waals surface area contributed by atoms with Crippen LogP contribution in [0.15, 0.2) is 55.1 Å². The molecule has 9 heteroatoms. The van der Waals surface area contributed by atoms with E-state index >= 15 is 0 Å². The van der Waals surface area contributed by atoms with E-state index in [4.69, 9.17) is 0 Å². The molecule has 0 spiro atoms. The molecule has 3 aromatic heterocycles. The van der Waals surface area contributed by atoms with E-state index in [2.05, 4.69) is 49.2 Å². The van der Waals surface area contributed by atoms with Gasteiger partial charge in [0.2, 0.25) is 0 Å². The zero-order chi connectivity index (χ0) is 25.3. The molecule has 0 bridgehead atoms. The van der Waals surface area contributed by atoms with E-state index in [1.54, 1.807) is 21.8 Å². The molecule has 186 valence electrons. The molecule has 0 aliphatic heterocycles. The average Bonchev–Trinajstić information content (AvgIpc) is 3.46. The number of carbonyl (C=O) groups is 1. The quantitative estimate of drug-likeness (QED) is 0.396. The Hall–Kier alpha value is -4.01. The number of nitrogens with zero attached hydrogens (tertiary/aromatic N) is 6. The highest BCUT2D eigenvalue weighted by Gasteiger charge is 2.24. The Bertz CT molecular complexity index is 1380. The standard InChI is InChI=1S/C27H32N8O/c1-27(2,3)35-17-24(32-33-35)26(36)31-23-8-6-5-7-20-13-18(9-10-22(20)23)19-11-12-28-25(14-19)30-21-15-29-34(4)16-21/h9-17,23H,5-8H2,1-4H3,(H,28,30)(H,31,36)/t23-/m0/s1. The Balaban J connectivity index is 1.36. The largest absolute Gasteiger partial charge is 0.344 e. The monoisotopic (exact) mass is 484 g/mol. The molecule has 3 heterocycles. The van der Waals surface area contributed by atoms with Crippen molar-refractivity contribution in [2.45, 2.75) is 58.0 Å². The average molecular weight is 485 g/mol. The highest BCUT2D eigenvalue weighted by atomic mass is 16.2. The molecule has 0 saturated heterocycles. The Kier molecular flexibility index (Phi) is 6.30. The number of carbonyl (C=O) groups excluding carboxylic acids is 1. The molecule has 2 N–H and O–H groups in total. The van der Waals surface area contributed by atoms with Crippen LogP contribution in [0.25, 0.3) is 11.1 Å². The van der Waals surface area contributed by atoms with Crippen LogP contribution >= 0.6 is 0 Å². The fourth-order valence-corrected chi connectivity index (χ4v) is 4.55. The minimum atomic E-state index is -0.225. The van der Waals surface area contributed by atoms with E-state index in [9.17, 15) is 4.79 Å². The molecular formula is C27H32N8O. The summed E-state index contributed by atoms with van der Waals surface area (Å²) in [5.74, 6) is 0.580. The van der Waals surface area contributed by atoms with Crippen LogP contribution in [-0.2, 0) is 19.0 Å². The number of hydrogen-bond acceptors (Lipinski definition) is 6. The second kappa shape index (κ2) is 9.56. The minimum absolute atomic E-state index is 0.0518. The lowest BCUT2D eigenvalue weighted by molar-refractivity contribution is 0.0929. The zero-order valence-corrected chi connectivity index (χ0v) is 21.2. The number of aromatic nitrogens is 6. The molecule has 1 atom stereocenters. The van der Waals surface area contributed by atoms with Crippen molar-refractivity contribution in [3.05, 3.63) is 71.9 Å². The molecule has 0 fully saturated rings. The van der Waals surface area contributed by atoms with E-state index in [1.165, 1.54) is 11.1 Å². The Morgan fingerprint density at radius 2 is 1.92 bits per heavy atom. The van der Waals surface area contributed by atoms with Gasteiger partial charge < -0.3 is 10.6 Å². The smallest absolute Gasteiger partial charge is 0.273 e. The van der Waals surface area contributed by atoms with Gasteiger partial charge in [0.25, 0.3) is 5.91 Å². The van der Waals surface area contributed by atoms with E-state index < -0.39 is 0 Å². The van der Waals surface area contributed by atoms with E-state index in [0.717, 1.165) is 48.3 Å². The van der Waals surface area contributed by atoms with E-state index in [1.807, 2.05) is 52.3 Å². The highest BCUT2D eigenvalue weighted by Crippen LogP contribution is 2.33. The number of aryl methyl sites for hydroxylation is 2. The van der Waals surface area contributed by atoms with Crippen LogP contribution in [0.2, 0.25) is 0 Å². The van der Waals surface area contributed by atoms with Gasteiger partial charge >= 0.3 is 0 Å². The molecule has 0 radical (unpaired) electrons. The first-order valence-corrected chi connectivity index (χ1v) is 12.3. The summed E-state index contributed by atoms with van der Waals surface area (Å²) in [4.78, 5) is 17.5. The van der Waals surface area contributed by atoms with Crippen LogP contribution in [0.4, 0.5) is 11.5 Å². The second-order valence-corrected chi connectivity index (χ2v) is 10.4. The topological polar surface area (TPSA) is 103 Å². The summed E-state index contributed by atoms with van der Waals surface area (Å²) in [6.07, 6.45) is 11.3. The van der Waals surface area contributed by atoms with Gasteiger partial charge in [-0.15, -0.1) is 5.10 Å². The summed E-state index contributed by atoms with van der Waals surface area (Å²) in [5.41, 5.74) is 5.68. The number of fused-ring (bicyclic) bond motifs is 1. The lowest BCUT2D eigenvalue weighted by atomic mass is 9.94. The molecule has 1 aromatic carbocycles. The lowest BCUT2D eigenvalue weighted by Crippen LogP contribution is -2.29. The summed E-state index contributed by atoms with van der Waals surface area (Å²) in [6.45, 7) is 6.09. The van der Waals surface area contributed by atoms with Crippen molar-refractivity contribution in [2.24, 2.45) is 7.05 Å². The Morgan fingerprint density at radius 3 is 2.67 bits per heavy atom. The summed E-state index contributed by atoms with van der Waals surface area (Å²) in [6, 6.07) is 10.5. The normalized spacial score (nSPS) is 15.7. The SMILES string of the molecule is Cn1cc(Nc2cc(-c3ccc4c(c3)CCCC[C@@H]4NC(=O)c3cn(C(C)(C)C)nn3)ccn2)cn1. The third kappa shape index (κ3) is 5.15. The van der Waals surface area contributed by atoms with Gasteiger partial charge in [-0.3, -0.25) is 9.48 Å². The number of amides is 1. The zero-order valence-electron chi connectivity index (χ0n) is 21.2. The summed E-state index contributed by atoms with van der Waals surface area (Å²) >= 11 is 0. The van der Waals surface area contributed by atoms with Crippen LogP contribution in [0.1, 0.15) is 67.7 Å². The van der Waals surface area contributed by atoms with Crippen molar-refractivity contribution in [2.75, 3.05) is 5.32 Å². The van der Waals surface area contributed by atoms with Crippen LogP contribution in [0, 0.1) is 0 Å². The van der Waals surface area contributed by atoms with Gasteiger partial charge in [-0.25, -0.2) is 9.67 Å². The maximum Gasteiger partial charge on any atom is 0.273 e. The van der Waals surface area contributed by atoms with E-state index in [0.29, 0.717) is 5.69 Å². The molecule has 5 rings (SSSR count). The third-order valence-corrected chi connectivity index (χ3v) is 6.50. The van der Waals surface area contributed by atoms with Crippen LogP contribution in [-0.4, -0.2) is 35.7 Å². The van der Waals surface area contributed by atoms with Gasteiger partial charge in [0, 0.05) is 19.4 Å². The van der Waals surface area contributed by atoms with Crippen molar-refractivity contribution in [1.29, 1.82) is 0 Å². The van der Waals surface area contributed by atoms with Crippen LogP contribution in [0.5, 0.6) is 0 Å². The van der Waals surface area contributed by atoms with Crippen molar-refractivity contribution in [3.63, 3.8) is 0 Å². The summed E-state index contributed by atoms with van der Waals surface area (Å²) in [7, 11) is 1.88. The first kappa shape index (κ1) is 23.7. The molecule has 1 amide bonds.